The van der Waals surface area contributed by atoms with E-state index in [9.17, 15) is 9.59 Å². The summed E-state index contributed by atoms with van der Waals surface area (Å²) in [4.78, 5) is 22.2. The van der Waals surface area contributed by atoms with Crippen LogP contribution >= 0.6 is 11.6 Å². The predicted octanol–water partition coefficient (Wildman–Crippen LogP) is 2.19. The molecule has 1 aliphatic rings. The number of alkyl halides is 1. The number of hydrogen-bond donors (Lipinski definition) is 0. The molecule has 0 saturated heterocycles. The van der Waals surface area contributed by atoms with Gasteiger partial charge < -0.3 is 0 Å². The maximum atomic E-state index is 11.1. The summed E-state index contributed by atoms with van der Waals surface area (Å²) in [5.74, 6) is 0.407. The van der Waals surface area contributed by atoms with Gasteiger partial charge in [-0.05, 0) is 33.1 Å². The summed E-state index contributed by atoms with van der Waals surface area (Å²) in [6.45, 7) is 3.18. The molecule has 0 amide bonds. The SMILES string of the molecule is CC(=O)C1CCC(C(C)=O)C(Cl)C1. The van der Waals surface area contributed by atoms with Crippen molar-refractivity contribution in [2.45, 2.75) is 38.5 Å². The summed E-state index contributed by atoms with van der Waals surface area (Å²) < 4.78 is 0. The van der Waals surface area contributed by atoms with Gasteiger partial charge in [-0.15, -0.1) is 11.6 Å². The highest BCUT2D eigenvalue weighted by Crippen LogP contribution is 2.33. The first-order valence-electron chi connectivity index (χ1n) is 4.67. The van der Waals surface area contributed by atoms with Gasteiger partial charge in [0.2, 0.25) is 0 Å². The second kappa shape index (κ2) is 4.23. The van der Waals surface area contributed by atoms with Gasteiger partial charge in [0.05, 0.1) is 0 Å². The minimum Gasteiger partial charge on any atom is -0.300 e. The summed E-state index contributed by atoms with van der Waals surface area (Å²) in [6, 6.07) is 0. The topological polar surface area (TPSA) is 34.1 Å². The molecule has 0 aromatic rings. The molecule has 74 valence electrons. The van der Waals surface area contributed by atoms with E-state index in [0.717, 1.165) is 12.8 Å². The van der Waals surface area contributed by atoms with Crippen molar-refractivity contribution in [1.29, 1.82) is 0 Å². The van der Waals surface area contributed by atoms with Crippen LogP contribution in [0.2, 0.25) is 0 Å². The van der Waals surface area contributed by atoms with Crippen LogP contribution in [0.25, 0.3) is 0 Å². The van der Waals surface area contributed by atoms with E-state index in [1.165, 1.54) is 0 Å². The van der Waals surface area contributed by atoms with E-state index in [-0.39, 0.29) is 28.8 Å². The Labute approximate surface area is 83.6 Å². The van der Waals surface area contributed by atoms with Crippen LogP contribution in [0.1, 0.15) is 33.1 Å². The molecule has 1 saturated carbocycles. The van der Waals surface area contributed by atoms with Crippen molar-refractivity contribution in [3.8, 4) is 0 Å². The molecule has 0 heterocycles. The number of ketones is 2. The number of carbonyl (C=O) groups excluding carboxylic acids is 2. The average molecular weight is 203 g/mol. The highest BCUT2D eigenvalue weighted by Gasteiger charge is 2.33. The molecule has 0 radical (unpaired) electrons. The fourth-order valence-corrected chi connectivity index (χ4v) is 2.46. The quantitative estimate of drug-likeness (QED) is 0.644. The summed E-state index contributed by atoms with van der Waals surface area (Å²) in [7, 11) is 0. The van der Waals surface area contributed by atoms with Gasteiger partial charge in [0.25, 0.3) is 0 Å². The normalized spacial score (nSPS) is 34.2. The van der Waals surface area contributed by atoms with Crippen molar-refractivity contribution < 1.29 is 9.59 Å². The second-order valence-electron chi connectivity index (χ2n) is 3.85. The van der Waals surface area contributed by atoms with Crippen LogP contribution < -0.4 is 0 Å². The maximum absolute atomic E-state index is 11.1. The first-order valence-corrected chi connectivity index (χ1v) is 5.11. The Balaban J connectivity index is 2.56. The van der Waals surface area contributed by atoms with Gasteiger partial charge in [-0.25, -0.2) is 0 Å². The van der Waals surface area contributed by atoms with Crippen molar-refractivity contribution in [2.24, 2.45) is 11.8 Å². The van der Waals surface area contributed by atoms with Crippen molar-refractivity contribution in [3.05, 3.63) is 0 Å². The molecule has 1 fully saturated rings. The maximum Gasteiger partial charge on any atom is 0.134 e. The fraction of sp³-hybridized carbons (Fsp3) is 0.800. The lowest BCUT2D eigenvalue weighted by Crippen LogP contribution is -2.32. The first-order chi connectivity index (χ1) is 6.02. The zero-order chi connectivity index (χ0) is 10.0. The van der Waals surface area contributed by atoms with Crippen molar-refractivity contribution in [2.75, 3.05) is 0 Å². The van der Waals surface area contributed by atoms with E-state index in [1.807, 2.05) is 0 Å². The molecular formula is C10H15ClO2. The highest BCUT2D eigenvalue weighted by atomic mass is 35.5. The highest BCUT2D eigenvalue weighted by molar-refractivity contribution is 6.22. The molecule has 0 aliphatic heterocycles. The molecule has 0 aromatic carbocycles. The first kappa shape index (κ1) is 10.7. The largest absolute Gasteiger partial charge is 0.300 e. The molecule has 0 spiro atoms. The third-order valence-electron chi connectivity index (χ3n) is 2.87. The summed E-state index contributed by atoms with van der Waals surface area (Å²) in [6.07, 6.45) is 2.26. The van der Waals surface area contributed by atoms with Crippen molar-refractivity contribution in [3.63, 3.8) is 0 Å². The molecule has 0 aromatic heterocycles. The molecule has 3 atom stereocenters. The molecule has 0 bridgehead atoms. The minimum absolute atomic E-state index is 0.0303. The monoisotopic (exact) mass is 202 g/mol. The molecular weight excluding hydrogens is 188 g/mol. The lowest BCUT2D eigenvalue weighted by molar-refractivity contribution is -0.125. The van der Waals surface area contributed by atoms with Gasteiger partial charge >= 0.3 is 0 Å². The van der Waals surface area contributed by atoms with Gasteiger partial charge in [-0.1, -0.05) is 0 Å². The molecule has 0 N–H and O–H groups in total. The number of halogens is 1. The number of Topliss-reactive ketones (excluding diaryl/α,β-unsaturated/α-hetero) is 2. The van der Waals surface area contributed by atoms with Gasteiger partial charge in [0.1, 0.15) is 11.6 Å². The smallest absolute Gasteiger partial charge is 0.134 e. The van der Waals surface area contributed by atoms with E-state index in [1.54, 1.807) is 13.8 Å². The Morgan fingerprint density at radius 2 is 1.77 bits per heavy atom. The zero-order valence-corrected chi connectivity index (χ0v) is 8.80. The average Bonchev–Trinajstić information content (AvgIpc) is 2.03. The van der Waals surface area contributed by atoms with E-state index < -0.39 is 0 Å². The van der Waals surface area contributed by atoms with Gasteiger partial charge in [-0.2, -0.15) is 0 Å². The lowest BCUT2D eigenvalue weighted by Gasteiger charge is -2.29. The number of rotatable bonds is 2. The third kappa shape index (κ3) is 2.53. The Hall–Kier alpha value is -0.370. The van der Waals surface area contributed by atoms with Crippen molar-refractivity contribution in [1.82, 2.24) is 0 Å². The van der Waals surface area contributed by atoms with E-state index in [2.05, 4.69) is 0 Å². The number of carbonyl (C=O) groups is 2. The van der Waals surface area contributed by atoms with Crippen LogP contribution in [0, 0.1) is 11.8 Å². The van der Waals surface area contributed by atoms with Gasteiger partial charge in [0.15, 0.2) is 0 Å². The molecule has 2 nitrogen and oxygen atoms in total. The lowest BCUT2D eigenvalue weighted by atomic mass is 9.78. The van der Waals surface area contributed by atoms with Gasteiger partial charge in [0, 0.05) is 17.2 Å². The van der Waals surface area contributed by atoms with Crippen LogP contribution in [0.3, 0.4) is 0 Å². The predicted molar refractivity (Wildman–Crippen MR) is 51.8 cm³/mol. The second-order valence-corrected chi connectivity index (χ2v) is 4.41. The van der Waals surface area contributed by atoms with Crippen LogP contribution in [0.4, 0.5) is 0 Å². The molecule has 3 unspecified atom stereocenters. The summed E-state index contributed by atoms with van der Waals surface area (Å²) in [5.41, 5.74) is 0. The van der Waals surface area contributed by atoms with Crippen LogP contribution in [0.5, 0.6) is 0 Å². The van der Waals surface area contributed by atoms with Crippen LogP contribution in [-0.2, 0) is 9.59 Å². The fourth-order valence-electron chi connectivity index (χ4n) is 1.94. The summed E-state index contributed by atoms with van der Waals surface area (Å²) >= 11 is 6.04. The minimum atomic E-state index is -0.139. The van der Waals surface area contributed by atoms with Crippen molar-refractivity contribution >= 4 is 23.2 Å². The van der Waals surface area contributed by atoms with E-state index in [0.29, 0.717) is 6.42 Å². The third-order valence-corrected chi connectivity index (χ3v) is 3.35. The molecule has 13 heavy (non-hydrogen) atoms. The zero-order valence-electron chi connectivity index (χ0n) is 8.05. The van der Waals surface area contributed by atoms with E-state index in [4.69, 9.17) is 11.6 Å². The van der Waals surface area contributed by atoms with Gasteiger partial charge in [-0.3, -0.25) is 9.59 Å². The Kier molecular flexibility index (Phi) is 3.48. The molecule has 1 aliphatic carbocycles. The van der Waals surface area contributed by atoms with Crippen LogP contribution in [0.15, 0.2) is 0 Å². The van der Waals surface area contributed by atoms with Crippen LogP contribution in [-0.4, -0.2) is 16.9 Å². The summed E-state index contributed by atoms with van der Waals surface area (Å²) in [5, 5.41) is -0.139. The van der Waals surface area contributed by atoms with E-state index >= 15 is 0 Å². The standard InChI is InChI=1S/C10H15ClO2/c1-6(12)8-3-4-9(7(2)13)10(11)5-8/h8-10H,3-5H2,1-2H3. The number of hydrogen-bond acceptors (Lipinski definition) is 2. The Morgan fingerprint density at radius 1 is 1.15 bits per heavy atom. The molecule has 3 heteroatoms. The Bertz CT molecular complexity index is 225. The molecule has 1 rings (SSSR count). The Morgan fingerprint density at radius 3 is 2.15 bits per heavy atom.